The zero-order chi connectivity index (χ0) is 13.7. The van der Waals surface area contributed by atoms with Crippen LogP contribution in [0.5, 0.6) is 0 Å². The van der Waals surface area contributed by atoms with Crippen LogP contribution in [-0.2, 0) is 0 Å². The van der Waals surface area contributed by atoms with E-state index in [-0.39, 0.29) is 0 Å². The number of hydrogen-bond donors (Lipinski definition) is 0. The average Bonchev–Trinajstić information content (AvgIpc) is 2.42. The minimum absolute atomic E-state index is 0.529. The lowest BCUT2D eigenvalue weighted by atomic mass is 10.0. The molecule has 1 fully saturated rings. The van der Waals surface area contributed by atoms with E-state index < -0.39 is 0 Å². The van der Waals surface area contributed by atoms with Gasteiger partial charge in [0.05, 0.1) is 0 Å². The van der Waals surface area contributed by atoms with Gasteiger partial charge in [0.1, 0.15) is 0 Å². The average molecular weight is 261 g/mol. The van der Waals surface area contributed by atoms with Crippen molar-refractivity contribution < 1.29 is 0 Å². The normalized spacial score (nSPS) is 19.8. The molecule has 1 aromatic carbocycles. The minimum atomic E-state index is 0.529. The fraction of sp³-hybridized carbons (Fsp3) is 0.625. The Balaban J connectivity index is 1.88. The van der Waals surface area contributed by atoms with Crippen molar-refractivity contribution in [2.45, 2.75) is 12.5 Å². The molecule has 3 heteroatoms. The van der Waals surface area contributed by atoms with Gasteiger partial charge in [-0.05, 0) is 33.1 Å². The summed E-state index contributed by atoms with van der Waals surface area (Å²) in [4.78, 5) is 7.35. The third kappa shape index (κ3) is 4.30. The van der Waals surface area contributed by atoms with Crippen molar-refractivity contribution in [1.29, 1.82) is 0 Å². The fourth-order valence-electron chi connectivity index (χ4n) is 2.77. The van der Waals surface area contributed by atoms with Gasteiger partial charge in [-0.3, -0.25) is 0 Å². The van der Waals surface area contributed by atoms with Crippen LogP contribution >= 0.6 is 0 Å². The van der Waals surface area contributed by atoms with E-state index in [9.17, 15) is 0 Å². The summed E-state index contributed by atoms with van der Waals surface area (Å²) in [6.45, 7) is 6.04. The van der Waals surface area contributed by atoms with Gasteiger partial charge in [-0.25, -0.2) is 0 Å². The van der Waals surface area contributed by atoms with Crippen molar-refractivity contribution in [3.63, 3.8) is 0 Å². The summed E-state index contributed by atoms with van der Waals surface area (Å²) in [5, 5.41) is 0. The zero-order valence-corrected chi connectivity index (χ0v) is 12.5. The second-order valence-corrected chi connectivity index (χ2v) is 5.82. The summed E-state index contributed by atoms with van der Waals surface area (Å²) in [5.41, 5.74) is 1.43. The van der Waals surface area contributed by atoms with E-state index in [0.29, 0.717) is 6.04 Å². The van der Waals surface area contributed by atoms with Crippen molar-refractivity contribution >= 4 is 0 Å². The molecule has 2 rings (SSSR count). The highest BCUT2D eigenvalue weighted by Gasteiger charge is 2.18. The number of piperazine rings is 1. The predicted molar refractivity (Wildman–Crippen MR) is 81.4 cm³/mol. The number of hydrogen-bond acceptors (Lipinski definition) is 3. The summed E-state index contributed by atoms with van der Waals surface area (Å²) in [5.74, 6) is 0. The largest absolute Gasteiger partial charge is 0.304 e. The second-order valence-electron chi connectivity index (χ2n) is 5.82. The molecule has 106 valence electrons. The standard InChI is InChI=1S/C16H27N3/c1-17(2)16(15-7-5-4-6-8-15)9-10-19-13-11-18(3)12-14-19/h4-8,16H,9-14H2,1-3H3. The molecule has 0 radical (unpaired) electrons. The smallest absolute Gasteiger partial charge is 0.0354 e. The van der Waals surface area contributed by atoms with Gasteiger partial charge in [0.2, 0.25) is 0 Å². The predicted octanol–water partition coefficient (Wildman–Crippen LogP) is 1.93. The molecule has 19 heavy (non-hydrogen) atoms. The molecule has 0 spiro atoms. The van der Waals surface area contributed by atoms with E-state index in [1.54, 1.807) is 0 Å². The van der Waals surface area contributed by atoms with Crippen LogP contribution in [0.2, 0.25) is 0 Å². The zero-order valence-electron chi connectivity index (χ0n) is 12.5. The van der Waals surface area contributed by atoms with Crippen molar-refractivity contribution in [2.24, 2.45) is 0 Å². The van der Waals surface area contributed by atoms with E-state index >= 15 is 0 Å². The number of nitrogens with zero attached hydrogens (tertiary/aromatic N) is 3. The van der Waals surface area contributed by atoms with Gasteiger partial charge < -0.3 is 14.7 Å². The Morgan fingerprint density at radius 1 is 1.05 bits per heavy atom. The molecule has 1 unspecified atom stereocenters. The highest BCUT2D eigenvalue weighted by molar-refractivity contribution is 5.18. The third-order valence-electron chi connectivity index (χ3n) is 4.12. The van der Waals surface area contributed by atoms with Crippen LogP contribution in [0.4, 0.5) is 0 Å². The van der Waals surface area contributed by atoms with Crippen molar-refractivity contribution in [2.75, 3.05) is 53.9 Å². The quantitative estimate of drug-likeness (QED) is 0.802. The van der Waals surface area contributed by atoms with Gasteiger partial charge in [0, 0.05) is 38.8 Å². The Morgan fingerprint density at radius 2 is 1.68 bits per heavy atom. The van der Waals surface area contributed by atoms with E-state index in [0.717, 1.165) is 0 Å². The summed E-state index contributed by atoms with van der Waals surface area (Å²) in [6.07, 6.45) is 1.21. The van der Waals surface area contributed by atoms with Crippen LogP contribution in [0.3, 0.4) is 0 Å². The molecular formula is C16H27N3. The van der Waals surface area contributed by atoms with E-state index in [4.69, 9.17) is 0 Å². The maximum Gasteiger partial charge on any atom is 0.0354 e. The minimum Gasteiger partial charge on any atom is -0.304 e. The van der Waals surface area contributed by atoms with Crippen molar-refractivity contribution in [1.82, 2.24) is 14.7 Å². The number of likely N-dealkylation sites (N-methyl/N-ethyl adjacent to an activating group) is 1. The van der Waals surface area contributed by atoms with E-state index in [2.05, 4.69) is 66.2 Å². The first-order valence-corrected chi connectivity index (χ1v) is 7.29. The van der Waals surface area contributed by atoms with Gasteiger partial charge in [0.15, 0.2) is 0 Å². The molecule has 0 N–H and O–H groups in total. The van der Waals surface area contributed by atoms with Gasteiger partial charge in [-0.15, -0.1) is 0 Å². The maximum absolute atomic E-state index is 2.60. The van der Waals surface area contributed by atoms with Crippen LogP contribution in [0.1, 0.15) is 18.0 Å². The Bertz CT molecular complexity index is 356. The van der Waals surface area contributed by atoms with Gasteiger partial charge >= 0.3 is 0 Å². The molecule has 0 aromatic heterocycles. The fourth-order valence-corrected chi connectivity index (χ4v) is 2.77. The highest BCUT2D eigenvalue weighted by Crippen LogP contribution is 2.22. The summed E-state index contributed by atoms with van der Waals surface area (Å²) in [7, 11) is 6.58. The van der Waals surface area contributed by atoms with Gasteiger partial charge in [-0.1, -0.05) is 30.3 Å². The molecule has 1 heterocycles. The van der Waals surface area contributed by atoms with Crippen LogP contribution in [0.25, 0.3) is 0 Å². The summed E-state index contributed by atoms with van der Waals surface area (Å²) >= 11 is 0. The Morgan fingerprint density at radius 3 is 2.26 bits per heavy atom. The van der Waals surface area contributed by atoms with Crippen LogP contribution in [-0.4, -0.2) is 68.6 Å². The molecule has 1 aliphatic heterocycles. The first kappa shape index (κ1) is 14.5. The monoisotopic (exact) mass is 261 g/mol. The molecular weight excluding hydrogens is 234 g/mol. The lowest BCUT2D eigenvalue weighted by molar-refractivity contribution is 0.139. The lowest BCUT2D eigenvalue weighted by Gasteiger charge is -2.34. The number of benzene rings is 1. The Hall–Kier alpha value is -0.900. The topological polar surface area (TPSA) is 9.72 Å². The molecule has 3 nitrogen and oxygen atoms in total. The van der Waals surface area contributed by atoms with Crippen LogP contribution < -0.4 is 0 Å². The van der Waals surface area contributed by atoms with Crippen molar-refractivity contribution in [3.8, 4) is 0 Å². The van der Waals surface area contributed by atoms with Crippen LogP contribution in [0.15, 0.2) is 30.3 Å². The van der Waals surface area contributed by atoms with Crippen LogP contribution in [0, 0.1) is 0 Å². The van der Waals surface area contributed by atoms with E-state index in [1.807, 2.05) is 0 Å². The Kier molecular flexibility index (Phi) is 5.37. The maximum atomic E-state index is 2.60. The van der Waals surface area contributed by atoms with Crippen molar-refractivity contribution in [3.05, 3.63) is 35.9 Å². The molecule has 1 atom stereocenters. The Labute approximate surface area is 117 Å². The third-order valence-corrected chi connectivity index (χ3v) is 4.12. The summed E-state index contributed by atoms with van der Waals surface area (Å²) < 4.78 is 0. The van der Waals surface area contributed by atoms with E-state index in [1.165, 1.54) is 44.7 Å². The molecule has 0 saturated carbocycles. The molecule has 1 aromatic rings. The second kappa shape index (κ2) is 7.04. The lowest BCUT2D eigenvalue weighted by Crippen LogP contribution is -2.45. The SMILES string of the molecule is CN1CCN(CCC(c2ccccc2)N(C)C)CC1. The van der Waals surface area contributed by atoms with Gasteiger partial charge in [-0.2, -0.15) is 0 Å². The molecule has 1 saturated heterocycles. The molecule has 0 aliphatic carbocycles. The molecule has 0 amide bonds. The highest BCUT2D eigenvalue weighted by atomic mass is 15.2. The molecule has 0 bridgehead atoms. The number of rotatable bonds is 5. The molecule has 1 aliphatic rings. The first-order valence-electron chi connectivity index (χ1n) is 7.29. The van der Waals surface area contributed by atoms with Gasteiger partial charge in [0.25, 0.3) is 0 Å². The summed E-state index contributed by atoms with van der Waals surface area (Å²) in [6, 6.07) is 11.4. The first-order chi connectivity index (χ1) is 9.16.